The largest absolute Gasteiger partial charge is 0.462 e. The number of fused-ring (bicyclic) bond motifs is 1. The van der Waals surface area contributed by atoms with Crippen LogP contribution in [0.5, 0.6) is 0 Å². The Bertz CT molecular complexity index is 682. The number of aliphatic hydroxyl groups is 1. The number of esters is 1. The number of hydrogen-bond donors (Lipinski definition) is 1. The normalized spacial score (nSPS) is 16.0. The number of carbonyl (C=O) groups excluding carboxylic acids is 1. The zero-order valence-corrected chi connectivity index (χ0v) is 13.9. The molecular formula is C15H20N4O3S. The van der Waals surface area contributed by atoms with Gasteiger partial charge in [0.2, 0.25) is 0 Å². The van der Waals surface area contributed by atoms with Crippen molar-refractivity contribution in [3.8, 4) is 0 Å². The van der Waals surface area contributed by atoms with Crippen LogP contribution in [-0.4, -0.2) is 71.9 Å². The standard InChI is InChI=1S/C15H20N4O3S/c1-2-22-15(21)11-9-23-14-12(11)13(16-10-17-14)19-5-3-18(4-6-19)7-8-20/h9-10,20H,2-8H2,1H3. The highest BCUT2D eigenvalue weighted by atomic mass is 32.1. The Kier molecular flexibility index (Phi) is 5.04. The van der Waals surface area contributed by atoms with Gasteiger partial charge in [0.25, 0.3) is 0 Å². The molecule has 0 spiro atoms. The topological polar surface area (TPSA) is 78.8 Å². The summed E-state index contributed by atoms with van der Waals surface area (Å²) >= 11 is 1.43. The zero-order chi connectivity index (χ0) is 16.2. The Hall–Kier alpha value is -1.77. The second-order valence-electron chi connectivity index (χ2n) is 5.30. The van der Waals surface area contributed by atoms with Gasteiger partial charge in [0.1, 0.15) is 17.0 Å². The van der Waals surface area contributed by atoms with Crippen LogP contribution in [0, 0.1) is 0 Å². The molecule has 0 aliphatic carbocycles. The highest BCUT2D eigenvalue weighted by Gasteiger charge is 2.24. The predicted molar refractivity (Wildman–Crippen MR) is 89.1 cm³/mol. The number of ether oxygens (including phenoxy) is 1. The van der Waals surface area contributed by atoms with Crippen LogP contribution in [0.2, 0.25) is 0 Å². The van der Waals surface area contributed by atoms with Crippen LogP contribution in [0.4, 0.5) is 5.82 Å². The number of hydrogen-bond acceptors (Lipinski definition) is 8. The maximum absolute atomic E-state index is 12.2. The molecule has 0 atom stereocenters. The van der Waals surface area contributed by atoms with Crippen molar-refractivity contribution in [2.45, 2.75) is 6.92 Å². The fourth-order valence-corrected chi connectivity index (χ4v) is 3.65. The van der Waals surface area contributed by atoms with E-state index in [1.54, 1.807) is 18.6 Å². The maximum atomic E-state index is 12.2. The number of aromatic nitrogens is 2. The van der Waals surface area contributed by atoms with Gasteiger partial charge in [-0.1, -0.05) is 0 Å². The summed E-state index contributed by atoms with van der Waals surface area (Å²) in [6.07, 6.45) is 1.54. The number of anilines is 1. The van der Waals surface area contributed by atoms with Gasteiger partial charge in [-0.05, 0) is 6.92 Å². The molecule has 23 heavy (non-hydrogen) atoms. The molecule has 3 rings (SSSR count). The summed E-state index contributed by atoms with van der Waals surface area (Å²) in [5.74, 6) is 0.469. The Morgan fingerprint density at radius 3 is 2.83 bits per heavy atom. The second-order valence-corrected chi connectivity index (χ2v) is 6.16. The first-order chi connectivity index (χ1) is 11.2. The van der Waals surface area contributed by atoms with Crippen LogP contribution in [0.25, 0.3) is 10.2 Å². The van der Waals surface area contributed by atoms with Crippen LogP contribution in [0.1, 0.15) is 17.3 Å². The molecule has 8 heteroatoms. The van der Waals surface area contributed by atoms with E-state index < -0.39 is 0 Å². The van der Waals surface area contributed by atoms with Crippen molar-refractivity contribution in [1.82, 2.24) is 14.9 Å². The molecule has 1 fully saturated rings. The zero-order valence-electron chi connectivity index (χ0n) is 13.1. The molecule has 0 saturated carbocycles. The maximum Gasteiger partial charge on any atom is 0.339 e. The quantitative estimate of drug-likeness (QED) is 0.816. The number of thiophene rings is 1. The molecule has 7 nitrogen and oxygen atoms in total. The van der Waals surface area contributed by atoms with Gasteiger partial charge in [-0.25, -0.2) is 14.8 Å². The Morgan fingerprint density at radius 2 is 2.13 bits per heavy atom. The number of carbonyl (C=O) groups is 1. The Morgan fingerprint density at radius 1 is 1.35 bits per heavy atom. The fourth-order valence-electron chi connectivity index (χ4n) is 2.78. The molecule has 1 aliphatic heterocycles. The van der Waals surface area contributed by atoms with Gasteiger partial charge >= 0.3 is 5.97 Å². The molecule has 1 saturated heterocycles. The molecule has 2 aromatic rings. The number of nitrogens with zero attached hydrogens (tertiary/aromatic N) is 4. The molecule has 2 aromatic heterocycles. The van der Waals surface area contributed by atoms with Gasteiger partial charge in [0.05, 0.1) is 24.2 Å². The first-order valence-electron chi connectivity index (χ1n) is 7.72. The highest BCUT2D eigenvalue weighted by Crippen LogP contribution is 2.32. The summed E-state index contributed by atoms with van der Waals surface area (Å²) in [6.45, 7) is 6.36. The summed E-state index contributed by atoms with van der Waals surface area (Å²) in [5, 5.41) is 11.6. The lowest BCUT2D eigenvalue weighted by Gasteiger charge is -2.35. The summed E-state index contributed by atoms with van der Waals surface area (Å²) in [4.78, 5) is 26.1. The van der Waals surface area contributed by atoms with E-state index in [1.807, 2.05) is 0 Å². The predicted octanol–water partition coefficient (Wildman–Crippen LogP) is 0.982. The Balaban J connectivity index is 1.89. The molecular weight excluding hydrogens is 316 g/mol. The smallest absolute Gasteiger partial charge is 0.339 e. The van der Waals surface area contributed by atoms with Crippen LogP contribution >= 0.6 is 11.3 Å². The van der Waals surface area contributed by atoms with Crippen molar-refractivity contribution in [2.75, 3.05) is 50.8 Å². The minimum Gasteiger partial charge on any atom is -0.462 e. The van der Waals surface area contributed by atoms with Crippen LogP contribution in [0.3, 0.4) is 0 Å². The molecule has 0 amide bonds. The minimum absolute atomic E-state index is 0.176. The lowest BCUT2D eigenvalue weighted by molar-refractivity contribution is 0.0529. The molecule has 0 radical (unpaired) electrons. The second kappa shape index (κ2) is 7.20. The van der Waals surface area contributed by atoms with E-state index >= 15 is 0 Å². The van der Waals surface area contributed by atoms with E-state index in [4.69, 9.17) is 9.84 Å². The van der Waals surface area contributed by atoms with Crippen molar-refractivity contribution in [1.29, 1.82) is 0 Å². The van der Waals surface area contributed by atoms with Gasteiger partial charge in [0.15, 0.2) is 0 Å². The summed E-state index contributed by atoms with van der Waals surface area (Å²) in [6, 6.07) is 0. The molecule has 1 aliphatic rings. The SMILES string of the molecule is CCOC(=O)c1csc2ncnc(N3CCN(CCO)CC3)c12. The van der Waals surface area contributed by atoms with E-state index in [9.17, 15) is 4.79 Å². The van der Waals surface area contributed by atoms with E-state index in [2.05, 4.69) is 19.8 Å². The average Bonchev–Trinajstić information content (AvgIpc) is 3.00. The first kappa shape index (κ1) is 16.1. The third kappa shape index (κ3) is 3.29. The third-order valence-electron chi connectivity index (χ3n) is 3.93. The van der Waals surface area contributed by atoms with Crippen molar-refractivity contribution in [3.05, 3.63) is 17.3 Å². The number of rotatable bonds is 5. The lowest BCUT2D eigenvalue weighted by Crippen LogP contribution is -2.47. The third-order valence-corrected chi connectivity index (χ3v) is 4.82. The fraction of sp³-hybridized carbons (Fsp3) is 0.533. The monoisotopic (exact) mass is 336 g/mol. The van der Waals surface area contributed by atoms with Gasteiger partial charge in [-0.15, -0.1) is 11.3 Å². The van der Waals surface area contributed by atoms with Gasteiger partial charge in [-0.3, -0.25) is 4.90 Å². The highest BCUT2D eigenvalue weighted by molar-refractivity contribution is 7.17. The van der Waals surface area contributed by atoms with E-state index in [1.165, 1.54) is 11.3 Å². The van der Waals surface area contributed by atoms with E-state index in [0.29, 0.717) is 18.7 Å². The van der Waals surface area contributed by atoms with Gasteiger partial charge < -0.3 is 14.7 Å². The molecule has 124 valence electrons. The molecule has 0 unspecified atom stereocenters. The lowest BCUT2D eigenvalue weighted by atomic mass is 10.2. The summed E-state index contributed by atoms with van der Waals surface area (Å²) < 4.78 is 5.14. The van der Waals surface area contributed by atoms with Gasteiger partial charge in [-0.2, -0.15) is 0 Å². The van der Waals surface area contributed by atoms with Crippen LogP contribution in [0.15, 0.2) is 11.7 Å². The van der Waals surface area contributed by atoms with Crippen molar-refractivity contribution < 1.29 is 14.6 Å². The van der Waals surface area contributed by atoms with Crippen molar-refractivity contribution in [2.24, 2.45) is 0 Å². The summed E-state index contributed by atoms with van der Waals surface area (Å²) in [7, 11) is 0. The molecule has 0 aromatic carbocycles. The minimum atomic E-state index is -0.325. The Labute approximate surface area is 138 Å². The van der Waals surface area contributed by atoms with Crippen molar-refractivity contribution >= 4 is 33.3 Å². The van der Waals surface area contributed by atoms with Crippen molar-refractivity contribution in [3.63, 3.8) is 0 Å². The van der Waals surface area contributed by atoms with E-state index in [0.717, 1.165) is 42.2 Å². The average molecular weight is 336 g/mol. The van der Waals surface area contributed by atoms with Gasteiger partial charge in [0, 0.05) is 38.1 Å². The number of β-amino-alcohol motifs (C(OH)–C–C–N with tert-alkyl or cyclic N) is 1. The number of aliphatic hydroxyl groups excluding tert-OH is 1. The molecule has 1 N–H and O–H groups in total. The molecule has 3 heterocycles. The van der Waals surface area contributed by atoms with Crippen LogP contribution in [-0.2, 0) is 4.74 Å². The molecule has 0 bridgehead atoms. The van der Waals surface area contributed by atoms with E-state index in [-0.39, 0.29) is 12.6 Å². The number of piperazine rings is 1. The van der Waals surface area contributed by atoms with Crippen LogP contribution < -0.4 is 4.90 Å². The summed E-state index contributed by atoms with van der Waals surface area (Å²) in [5.41, 5.74) is 0.542. The first-order valence-corrected chi connectivity index (χ1v) is 8.60.